The molecule has 4 atom stereocenters. The first-order valence-electron chi connectivity index (χ1n) is 13.3. The van der Waals surface area contributed by atoms with E-state index < -0.39 is 8.07 Å². The molecule has 2 saturated heterocycles. The quantitative estimate of drug-likeness (QED) is 0.259. The van der Waals surface area contributed by atoms with E-state index >= 15 is 0 Å². The lowest BCUT2D eigenvalue weighted by Gasteiger charge is -2.44. The lowest BCUT2D eigenvalue weighted by Crippen LogP contribution is -2.52. The van der Waals surface area contributed by atoms with E-state index in [0.29, 0.717) is 24.7 Å². The van der Waals surface area contributed by atoms with E-state index in [0.717, 1.165) is 30.9 Å². The van der Waals surface area contributed by atoms with Crippen molar-refractivity contribution in [1.82, 2.24) is 14.5 Å². The number of aromatic nitrogens is 2. The Balaban J connectivity index is 1.33. The molecule has 3 aromatic rings. The lowest BCUT2D eigenvalue weighted by molar-refractivity contribution is -0.0581. The van der Waals surface area contributed by atoms with Crippen molar-refractivity contribution in [2.75, 3.05) is 13.7 Å². The third-order valence-electron chi connectivity index (χ3n) is 8.00. The molecular formula is C29H41N3O2Si. The van der Waals surface area contributed by atoms with Crippen LogP contribution in [0.2, 0.25) is 25.7 Å². The van der Waals surface area contributed by atoms with Crippen LogP contribution in [0, 0.1) is 5.92 Å². The predicted molar refractivity (Wildman–Crippen MR) is 145 cm³/mol. The van der Waals surface area contributed by atoms with Crippen LogP contribution >= 0.6 is 0 Å². The minimum atomic E-state index is -1.11. The molecule has 1 aromatic heterocycles. The largest absolute Gasteiger partial charge is 0.380 e. The van der Waals surface area contributed by atoms with Crippen molar-refractivity contribution in [3.63, 3.8) is 0 Å². The first-order chi connectivity index (χ1) is 16.9. The number of fused-ring (bicyclic) bond motifs is 3. The second-order valence-electron chi connectivity index (χ2n) is 11.6. The van der Waals surface area contributed by atoms with E-state index in [-0.39, 0.29) is 6.10 Å². The average molecular weight is 492 g/mol. The van der Waals surface area contributed by atoms with Crippen molar-refractivity contribution in [3.8, 4) is 0 Å². The Morgan fingerprint density at radius 2 is 1.77 bits per heavy atom. The number of para-hydroxylation sites is 2. The molecule has 2 aromatic carbocycles. The zero-order valence-electron chi connectivity index (χ0n) is 21.8. The second-order valence-corrected chi connectivity index (χ2v) is 17.3. The molecule has 2 aliphatic heterocycles. The first kappa shape index (κ1) is 24.7. The van der Waals surface area contributed by atoms with Gasteiger partial charge in [-0.05, 0) is 55.3 Å². The first-order valence-corrected chi connectivity index (χ1v) is 17.0. The van der Waals surface area contributed by atoms with Crippen LogP contribution in [0.3, 0.4) is 0 Å². The molecule has 3 heterocycles. The van der Waals surface area contributed by atoms with Crippen molar-refractivity contribution < 1.29 is 9.47 Å². The Morgan fingerprint density at radius 3 is 2.54 bits per heavy atom. The topological polar surface area (TPSA) is 39.5 Å². The van der Waals surface area contributed by atoms with Crippen LogP contribution in [-0.2, 0) is 29.2 Å². The van der Waals surface area contributed by atoms with Gasteiger partial charge in [0.05, 0.1) is 23.7 Å². The molecule has 2 fully saturated rings. The van der Waals surface area contributed by atoms with E-state index in [1.807, 2.05) is 7.11 Å². The van der Waals surface area contributed by atoms with Crippen molar-refractivity contribution in [1.29, 1.82) is 0 Å². The van der Waals surface area contributed by atoms with Gasteiger partial charge in [-0.2, -0.15) is 0 Å². The molecule has 0 saturated carbocycles. The van der Waals surface area contributed by atoms with Gasteiger partial charge in [0.2, 0.25) is 0 Å². The number of methoxy groups -OCH3 is 1. The highest BCUT2D eigenvalue weighted by molar-refractivity contribution is 6.76. The number of imidazole rings is 1. The van der Waals surface area contributed by atoms with Gasteiger partial charge in [0.25, 0.3) is 0 Å². The summed E-state index contributed by atoms with van der Waals surface area (Å²) < 4.78 is 14.7. The van der Waals surface area contributed by atoms with Gasteiger partial charge in [0.1, 0.15) is 12.6 Å². The number of piperidine rings is 1. The van der Waals surface area contributed by atoms with Crippen molar-refractivity contribution >= 4 is 19.1 Å². The summed E-state index contributed by atoms with van der Waals surface area (Å²) in [6, 6.07) is 21.6. The molecule has 2 bridgehead atoms. The number of nitrogens with zero attached hydrogens (tertiary/aromatic N) is 3. The molecule has 0 N–H and O–H groups in total. The van der Waals surface area contributed by atoms with Crippen LogP contribution in [0.1, 0.15) is 30.7 Å². The summed E-state index contributed by atoms with van der Waals surface area (Å²) in [6.07, 6.45) is 5.02. The molecule has 0 amide bonds. The Bertz CT molecular complexity index is 1110. The summed E-state index contributed by atoms with van der Waals surface area (Å²) in [5, 5.41) is 0. The second kappa shape index (κ2) is 10.6. The van der Waals surface area contributed by atoms with Gasteiger partial charge in [-0.1, -0.05) is 62.1 Å². The molecule has 5 rings (SSSR count). The molecule has 0 spiro atoms. The van der Waals surface area contributed by atoms with E-state index in [9.17, 15) is 0 Å². The summed E-state index contributed by atoms with van der Waals surface area (Å²) in [5.74, 6) is 1.69. The predicted octanol–water partition coefficient (Wildman–Crippen LogP) is 5.96. The highest BCUT2D eigenvalue weighted by Crippen LogP contribution is 2.42. The number of hydrogen-bond acceptors (Lipinski definition) is 4. The number of benzene rings is 2. The van der Waals surface area contributed by atoms with Crippen molar-refractivity contribution in [2.45, 2.75) is 82.8 Å². The van der Waals surface area contributed by atoms with Gasteiger partial charge in [0, 0.05) is 33.9 Å². The molecular weight excluding hydrogens is 450 g/mol. The molecule has 188 valence electrons. The highest BCUT2D eigenvalue weighted by Gasteiger charge is 2.47. The van der Waals surface area contributed by atoms with Crippen LogP contribution < -0.4 is 0 Å². The third kappa shape index (κ3) is 5.56. The lowest BCUT2D eigenvalue weighted by atomic mass is 9.83. The third-order valence-corrected chi connectivity index (χ3v) is 9.70. The van der Waals surface area contributed by atoms with E-state index in [1.54, 1.807) is 0 Å². The van der Waals surface area contributed by atoms with E-state index in [2.05, 4.69) is 83.7 Å². The summed E-state index contributed by atoms with van der Waals surface area (Å²) in [5.41, 5.74) is 3.65. The van der Waals surface area contributed by atoms with Gasteiger partial charge < -0.3 is 14.0 Å². The van der Waals surface area contributed by atoms with E-state index in [4.69, 9.17) is 14.5 Å². The van der Waals surface area contributed by atoms with Gasteiger partial charge in [0.15, 0.2) is 0 Å². The summed E-state index contributed by atoms with van der Waals surface area (Å²) >= 11 is 0. The van der Waals surface area contributed by atoms with Gasteiger partial charge in [-0.25, -0.2) is 4.98 Å². The van der Waals surface area contributed by atoms with Crippen LogP contribution in [0.4, 0.5) is 0 Å². The molecule has 35 heavy (non-hydrogen) atoms. The fraction of sp³-hybridized carbons (Fsp3) is 0.552. The standard InChI is InChI=1S/C29H41N3O2Si/c1-33-29-23(18-22-10-6-5-7-11-22)19-24-14-15-27(29)31(24)20-28-30-25-12-8-9-13-26(25)32(28)21-34-16-17-35(2,3)4/h5-13,23-24,27,29H,14-21H2,1-4H3/t23-,24-,27+,29-/m0/s1. The Kier molecular flexibility index (Phi) is 7.44. The summed E-state index contributed by atoms with van der Waals surface area (Å²) in [4.78, 5) is 7.77. The summed E-state index contributed by atoms with van der Waals surface area (Å²) in [7, 11) is 0.793. The number of hydrogen-bond donors (Lipinski definition) is 0. The molecule has 6 heteroatoms. The maximum atomic E-state index is 6.20. The van der Waals surface area contributed by atoms with Crippen molar-refractivity contribution in [2.24, 2.45) is 5.92 Å². The van der Waals surface area contributed by atoms with Crippen LogP contribution in [0.15, 0.2) is 54.6 Å². The maximum absolute atomic E-state index is 6.20. The Hall–Kier alpha value is -1.99. The molecule has 2 aliphatic rings. The Labute approximate surface area is 211 Å². The molecule has 5 nitrogen and oxygen atoms in total. The van der Waals surface area contributed by atoms with Gasteiger partial charge >= 0.3 is 0 Å². The van der Waals surface area contributed by atoms with Crippen LogP contribution in [0.25, 0.3) is 11.0 Å². The minimum Gasteiger partial charge on any atom is -0.380 e. The van der Waals surface area contributed by atoms with E-state index in [1.165, 1.54) is 36.4 Å². The minimum absolute atomic E-state index is 0.264. The van der Waals surface area contributed by atoms with Crippen molar-refractivity contribution in [3.05, 3.63) is 66.0 Å². The number of rotatable bonds is 10. The van der Waals surface area contributed by atoms with Crippen LogP contribution in [0.5, 0.6) is 0 Å². The zero-order valence-corrected chi connectivity index (χ0v) is 22.8. The van der Waals surface area contributed by atoms with Crippen LogP contribution in [-0.4, -0.2) is 54.4 Å². The molecule has 0 unspecified atom stereocenters. The number of ether oxygens (including phenoxy) is 2. The van der Waals surface area contributed by atoms with Gasteiger partial charge in [-0.3, -0.25) is 4.90 Å². The fourth-order valence-electron chi connectivity index (χ4n) is 6.17. The Morgan fingerprint density at radius 1 is 1.00 bits per heavy atom. The highest BCUT2D eigenvalue weighted by atomic mass is 28.3. The normalized spacial score (nSPS) is 24.9. The molecule has 0 aliphatic carbocycles. The average Bonchev–Trinajstić information content (AvgIpc) is 3.32. The zero-order chi connectivity index (χ0) is 24.4. The van der Waals surface area contributed by atoms with Gasteiger partial charge in [-0.15, -0.1) is 0 Å². The smallest absolute Gasteiger partial charge is 0.126 e. The SMILES string of the molecule is CO[C@H]1[C@@H](Cc2ccccc2)C[C@@H]2CC[C@H]1N2Cc1nc2ccccc2n1COCC[Si](C)(C)C. The maximum Gasteiger partial charge on any atom is 0.126 e. The monoisotopic (exact) mass is 491 g/mol. The fourth-order valence-corrected chi connectivity index (χ4v) is 6.93. The molecule has 0 radical (unpaired) electrons. The summed E-state index contributed by atoms with van der Waals surface area (Å²) in [6.45, 7) is 9.46.